The first kappa shape index (κ1) is 24.0. The lowest BCUT2D eigenvalue weighted by molar-refractivity contribution is -0.136. The summed E-state index contributed by atoms with van der Waals surface area (Å²) in [5.74, 6) is -0.198. The van der Waals surface area contributed by atoms with Gasteiger partial charge >= 0.3 is 0 Å². The molecule has 34 heavy (non-hydrogen) atoms. The van der Waals surface area contributed by atoms with Crippen LogP contribution < -0.4 is 4.74 Å². The summed E-state index contributed by atoms with van der Waals surface area (Å²) in [6.07, 6.45) is 1.46. The van der Waals surface area contributed by atoms with Gasteiger partial charge in [0.15, 0.2) is 0 Å². The largest absolute Gasteiger partial charge is 0.491 e. The molecule has 2 atom stereocenters. The van der Waals surface area contributed by atoms with E-state index < -0.39 is 5.82 Å². The lowest BCUT2D eigenvalue weighted by atomic mass is 10.00. The molecule has 0 aliphatic carbocycles. The number of hydrogen-bond acceptors (Lipinski definition) is 4. The second-order valence-electron chi connectivity index (χ2n) is 8.48. The Morgan fingerprint density at radius 1 is 1.18 bits per heavy atom. The average molecular weight is 481 g/mol. The Kier molecular flexibility index (Phi) is 7.63. The number of amides is 2. The van der Waals surface area contributed by atoms with E-state index in [0.29, 0.717) is 19.6 Å². The highest BCUT2D eigenvalue weighted by Crippen LogP contribution is 2.34. The quantitative estimate of drug-likeness (QED) is 0.438. The zero-order valence-corrected chi connectivity index (χ0v) is 20.3. The number of thiophene rings is 1. The van der Waals surface area contributed by atoms with Gasteiger partial charge in [0, 0.05) is 23.0 Å². The van der Waals surface area contributed by atoms with E-state index in [2.05, 4.69) is 6.07 Å². The molecule has 178 valence electrons. The van der Waals surface area contributed by atoms with Crippen LogP contribution in [0.3, 0.4) is 0 Å². The van der Waals surface area contributed by atoms with Crippen molar-refractivity contribution in [2.45, 2.75) is 38.8 Å². The highest BCUT2D eigenvalue weighted by Gasteiger charge is 2.34. The molecule has 7 heteroatoms. The summed E-state index contributed by atoms with van der Waals surface area (Å²) < 4.78 is 19.8. The molecular formula is C27H29FN2O3S. The molecule has 0 spiro atoms. The van der Waals surface area contributed by atoms with Gasteiger partial charge < -0.3 is 14.5 Å². The van der Waals surface area contributed by atoms with Crippen molar-refractivity contribution in [1.82, 2.24) is 9.80 Å². The van der Waals surface area contributed by atoms with Crippen LogP contribution in [0, 0.1) is 5.82 Å². The van der Waals surface area contributed by atoms with E-state index in [9.17, 15) is 14.0 Å². The fraction of sp³-hybridized carbons (Fsp3) is 0.333. The summed E-state index contributed by atoms with van der Waals surface area (Å²) in [6, 6.07) is 16.8. The number of nitrogens with zero attached hydrogens (tertiary/aromatic N) is 2. The molecule has 1 aromatic heterocycles. The predicted molar refractivity (Wildman–Crippen MR) is 132 cm³/mol. The highest BCUT2D eigenvalue weighted by molar-refractivity contribution is 7.10. The normalized spacial score (nSPS) is 16.0. The van der Waals surface area contributed by atoms with Gasteiger partial charge in [0.2, 0.25) is 5.91 Å². The van der Waals surface area contributed by atoms with E-state index >= 15 is 0 Å². The molecule has 3 aromatic rings. The Morgan fingerprint density at radius 3 is 2.71 bits per heavy atom. The molecule has 0 saturated carbocycles. The molecule has 2 aromatic carbocycles. The molecule has 0 N–H and O–H groups in total. The summed E-state index contributed by atoms with van der Waals surface area (Å²) >= 11 is 1.70. The van der Waals surface area contributed by atoms with E-state index in [1.165, 1.54) is 23.1 Å². The Bertz CT molecular complexity index is 1130. The maximum atomic E-state index is 13.8. The Morgan fingerprint density at radius 2 is 1.97 bits per heavy atom. The van der Waals surface area contributed by atoms with Crippen molar-refractivity contribution in [2.75, 3.05) is 19.7 Å². The molecular weight excluding hydrogens is 451 g/mol. The van der Waals surface area contributed by atoms with Crippen molar-refractivity contribution in [1.29, 1.82) is 0 Å². The monoisotopic (exact) mass is 480 g/mol. The second-order valence-corrected chi connectivity index (χ2v) is 9.48. The first-order chi connectivity index (χ1) is 16.5. The van der Waals surface area contributed by atoms with Crippen molar-refractivity contribution in [2.24, 2.45) is 0 Å². The van der Waals surface area contributed by atoms with Gasteiger partial charge in [0.05, 0.1) is 6.04 Å². The van der Waals surface area contributed by atoms with Crippen LogP contribution >= 0.6 is 11.3 Å². The van der Waals surface area contributed by atoms with Gasteiger partial charge in [0.25, 0.3) is 5.91 Å². The molecule has 0 fully saturated rings. The number of ether oxygens (including phenoxy) is 1. The van der Waals surface area contributed by atoms with E-state index in [0.717, 1.165) is 17.7 Å². The molecule has 0 bridgehead atoms. The zero-order chi connectivity index (χ0) is 24.1. The summed E-state index contributed by atoms with van der Waals surface area (Å²) in [5.41, 5.74) is 1.35. The van der Waals surface area contributed by atoms with Gasteiger partial charge in [-0.05, 0) is 67.1 Å². The number of rotatable bonds is 8. The minimum Gasteiger partial charge on any atom is -0.491 e. The maximum Gasteiger partial charge on any atom is 0.254 e. The van der Waals surface area contributed by atoms with Gasteiger partial charge in [-0.2, -0.15) is 0 Å². The summed E-state index contributed by atoms with van der Waals surface area (Å²) in [4.78, 5) is 31.5. The van der Waals surface area contributed by atoms with Crippen molar-refractivity contribution >= 4 is 23.2 Å². The van der Waals surface area contributed by atoms with Crippen molar-refractivity contribution in [3.63, 3.8) is 0 Å². The number of carbonyl (C=O) groups is 2. The van der Waals surface area contributed by atoms with E-state index in [1.807, 2.05) is 54.5 Å². The highest BCUT2D eigenvalue weighted by atomic mass is 32.1. The third-order valence-electron chi connectivity index (χ3n) is 6.33. The van der Waals surface area contributed by atoms with Gasteiger partial charge in [-0.15, -0.1) is 11.3 Å². The predicted octanol–water partition coefficient (Wildman–Crippen LogP) is 5.33. The number of fused-ring (bicyclic) bond motifs is 1. The van der Waals surface area contributed by atoms with Crippen LogP contribution in [0.25, 0.3) is 0 Å². The Hall–Kier alpha value is -3.19. The fourth-order valence-corrected chi connectivity index (χ4v) is 5.17. The van der Waals surface area contributed by atoms with E-state index in [4.69, 9.17) is 4.74 Å². The van der Waals surface area contributed by atoms with Crippen LogP contribution in [0.4, 0.5) is 4.39 Å². The van der Waals surface area contributed by atoms with Crippen LogP contribution in [0.5, 0.6) is 5.75 Å². The van der Waals surface area contributed by atoms with Crippen molar-refractivity contribution < 1.29 is 18.7 Å². The summed E-state index contributed by atoms with van der Waals surface area (Å²) in [7, 11) is 0. The molecule has 0 radical (unpaired) electrons. The number of carbonyl (C=O) groups excluding carboxylic acids is 2. The molecule has 4 rings (SSSR count). The number of para-hydroxylation sites is 1. The Balaban J connectivity index is 1.55. The molecule has 5 nitrogen and oxygen atoms in total. The number of hydrogen-bond donors (Lipinski definition) is 0. The van der Waals surface area contributed by atoms with Gasteiger partial charge in [-0.1, -0.05) is 31.2 Å². The van der Waals surface area contributed by atoms with Crippen LogP contribution in [0.2, 0.25) is 0 Å². The molecule has 0 saturated heterocycles. The van der Waals surface area contributed by atoms with E-state index in [-0.39, 0.29) is 36.0 Å². The van der Waals surface area contributed by atoms with Crippen LogP contribution in [0.1, 0.15) is 47.1 Å². The average Bonchev–Trinajstić information content (AvgIpc) is 3.34. The second kappa shape index (κ2) is 10.8. The van der Waals surface area contributed by atoms with Gasteiger partial charge in [-0.25, -0.2) is 4.39 Å². The van der Waals surface area contributed by atoms with Crippen LogP contribution in [-0.2, 0) is 11.2 Å². The van der Waals surface area contributed by atoms with Gasteiger partial charge in [0.1, 0.15) is 24.7 Å². The van der Waals surface area contributed by atoms with Crippen LogP contribution in [-0.4, -0.2) is 47.4 Å². The zero-order valence-electron chi connectivity index (χ0n) is 19.4. The molecule has 1 aliphatic rings. The summed E-state index contributed by atoms with van der Waals surface area (Å²) in [5, 5.41) is 2.05. The smallest absolute Gasteiger partial charge is 0.254 e. The van der Waals surface area contributed by atoms with Crippen molar-refractivity contribution in [3.05, 3.63) is 87.9 Å². The topological polar surface area (TPSA) is 49.9 Å². The fourth-order valence-electron chi connectivity index (χ4n) is 4.24. The van der Waals surface area contributed by atoms with Crippen molar-refractivity contribution in [3.8, 4) is 5.75 Å². The lowest BCUT2D eigenvalue weighted by Gasteiger charge is -2.38. The summed E-state index contributed by atoms with van der Waals surface area (Å²) in [6.45, 7) is 4.72. The first-order valence-electron chi connectivity index (χ1n) is 11.6. The number of benzene rings is 2. The minimum absolute atomic E-state index is 0.0638. The molecule has 1 aliphatic heterocycles. The Labute approximate surface area is 203 Å². The number of halogens is 1. The SMILES string of the molecule is CC[C@H](C)N(CC(=O)N1CCc2sccc2[C@H]1COc1ccccc1)C(=O)c1cccc(F)c1. The minimum atomic E-state index is -0.472. The van der Waals surface area contributed by atoms with Crippen LogP contribution in [0.15, 0.2) is 66.0 Å². The first-order valence-corrected chi connectivity index (χ1v) is 12.5. The lowest BCUT2D eigenvalue weighted by Crippen LogP contribution is -2.49. The standard InChI is InChI=1S/C27H29FN2O3S/c1-3-19(2)30(27(32)20-8-7-9-21(28)16-20)17-26(31)29-14-12-25-23(13-15-34-25)24(29)18-33-22-10-5-4-6-11-22/h4-11,13,15-16,19,24H,3,12,14,17-18H2,1-2H3/t19-,24+/m0/s1. The third-order valence-corrected chi connectivity index (χ3v) is 7.32. The maximum absolute atomic E-state index is 13.8. The third kappa shape index (κ3) is 5.30. The molecule has 2 amide bonds. The van der Waals surface area contributed by atoms with Gasteiger partial charge in [-0.3, -0.25) is 9.59 Å². The molecule has 2 heterocycles. The molecule has 0 unspecified atom stereocenters. The van der Waals surface area contributed by atoms with E-state index in [1.54, 1.807) is 22.3 Å².